The summed E-state index contributed by atoms with van der Waals surface area (Å²) < 4.78 is 9.41. The molecule has 1 aromatic carbocycles. The van der Waals surface area contributed by atoms with Gasteiger partial charge >= 0.3 is 0 Å². The van der Waals surface area contributed by atoms with Crippen molar-refractivity contribution in [1.29, 1.82) is 0 Å². The van der Waals surface area contributed by atoms with Gasteiger partial charge in [-0.1, -0.05) is 12.1 Å². The number of morpholine rings is 1. The first-order valence-corrected chi connectivity index (χ1v) is 13.4. The summed E-state index contributed by atoms with van der Waals surface area (Å²) in [6, 6.07) is 7.70. The Balaban J connectivity index is 1.42. The SMILES string of the molecule is CC(O)c1nc2ccccc2n1-c1nc(N2CCOCC2)c2nc(CC3CN(C(=O)C(C)(C)O)C3)n(C)c2n1. The summed E-state index contributed by atoms with van der Waals surface area (Å²) in [5.74, 6) is 2.46. The smallest absolute Gasteiger partial charge is 0.253 e. The van der Waals surface area contributed by atoms with Crippen LogP contribution in [0, 0.1) is 5.92 Å². The maximum absolute atomic E-state index is 12.4. The molecule has 3 aromatic heterocycles. The van der Waals surface area contributed by atoms with Crippen molar-refractivity contribution in [3.05, 3.63) is 35.9 Å². The summed E-state index contributed by atoms with van der Waals surface area (Å²) in [5, 5.41) is 20.6. The van der Waals surface area contributed by atoms with Gasteiger partial charge < -0.3 is 29.3 Å². The largest absolute Gasteiger partial charge is 0.385 e. The summed E-state index contributed by atoms with van der Waals surface area (Å²) in [6.07, 6.45) is -0.147. The molecule has 206 valence electrons. The lowest BCUT2D eigenvalue weighted by Crippen LogP contribution is -2.56. The van der Waals surface area contributed by atoms with Gasteiger partial charge in [-0.2, -0.15) is 9.97 Å². The zero-order valence-corrected chi connectivity index (χ0v) is 22.7. The van der Waals surface area contributed by atoms with Crippen LogP contribution in [0.3, 0.4) is 0 Å². The van der Waals surface area contributed by atoms with Gasteiger partial charge in [0, 0.05) is 45.6 Å². The van der Waals surface area contributed by atoms with Crippen LogP contribution in [0.2, 0.25) is 0 Å². The number of hydrogen-bond acceptors (Lipinski definition) is 9. The Labute approximate surface area is 225 Å². The number of aryl methyl sites for hydroxylation is 1. The number of aliphatic hydroxyl groups excluding tert-OH is 1. The Morgan fingerprint density at radius 1 is 1.13 bits per heavy atom. The van der Waals surface area contributed by atoms with Crippen molar-refractivity contribution in [2.24, 2.45) is 13.0 Å². The van der Waals surface area contributed by atoms with Crippen molar-refractivity contribution in [2.75, 3.05) is 44.3 Å². The fourth-order valence-corrected chi connectivity index (χ4v) is 5.40. The number of likely N-dealkylation sites (tertiary alicyclic amines) is 1. The Hall–Kier alpha value is -3.61. The maximum atomic E-state index is 12.4. The van der Waals surface area contributed by atoms with E-state index in [1.807, 2.05) is 40.4 Å². The van der Waals surface area contributed by atoms with Crippen LogP contribution in [0.25, 0.3) is 28.1 Å². The molecule has 1 atom stereocenters. The average Bonchev–Trinajstić information content (AvgIpc) is 3.43. The van der Waals surface area contributed by atoms with Crippen LogP contribution in [-0.2, 0) is 23.0 Å². The third-order valence-corrected chi connectivity index (χ3v) is 7.49. The number of nitrogens with zero attached hydrogens (tertiary/aromatic N) is 8. The van der Waals surface area contributed by atoms with Gasteiger partial charge in [0.2, 0.25) is 5.95 Å². The first kappa shape index (κ1) is 25.7. The molecule has 6 rings (SSSR count). The summed E-state index contributed by atoms with van der Waals surface area (Å²) in [6.45, 7) is 8.45. The first-order chi connectivity index (χ1) is 18.6. The van der Waals surface area contributed by atoms with Gasteiger partial charge in [-0.05, 0) is 32.9 Å². The minimum atomic E-state index is -1.37. The van der Waals surface area contributed by atoms with E-state index < -0.39 is 11.7 Å². The summed E-state index contributed by atoms with van der Waals surface area (Å²) in [7, 11) is 1.95. The minimum absolute atomic E-state index is 0.241. The second kappa shape index (κ2) is 9.54. The topological polar surface area (TPSA) is 135 Å². The van der Waals surface area contributed by atoms with Crippen molar-refractivity contribution < 1.29 is 19.7 Å². The minimum Gasteiger partial charge on any atom is -0.385 e. The summed E-state index contributed by atoms with van der Waals surface area (Å²) >= 11 is 0. The number of imidazole rings is 2. The van der Waals surface area contributed by atoms with Crippen molar-refractivity contribution in [3.8, 4) is 5.95 Å². The van der Waals surface area contributed by atoms with Crippen molar-refractivity contribution in [1.82, 2.24) is 34.0 Å². The predicted molar refractivity (Wildman–Crippen MR) is 145 cm³/mol. The van der Waals surface area contributed by atoms with E-state index >= 15 is 0 Å². The molecule has 1 unspecified atom stereocenters. The Morgan fingerprint density at radius 2 is 1.85 bits per heavy atom. The zero-order chi connectivity index (χ0) is 27.5. The van der Waals surface area contributed by atoms with Crippen LogP contribution in [0.4, 0.5) is 5.82 Å². The van der Waals surface area contributed by atoms with Crippen LogP contribution in [0.1, 0.15) is 38.5 Å². The quantitative estimate of drug-likeness (QED) is 0.376. The van der Waals surface area contributed by atoms with Gasteiger partial charge in [-0.15, -0.1) is 0 Å². The lowest BCUT2D eigenvalue weighted by Gasteiger charge is -2.41. The molecule has 0 aliphatic carbocycles. The number of fused-ring (bicyclic) bond motifs is 2. The molecule has 5 heterocycles. The lowest BCUT2D eigenvalue weighted by atomic mass is 9.93. The molecule has 2 fully saturated rings. The second-order valence-electron chi connectivity index (χ2n) is 11.0. The number of amides is 1. The van der Waals surface area contributed by atoms with Gasteiger partial charge in [0.25, 0.3) is 5.91 Å². The van der Waals surface area contributed by atoms with E-state index in [1.54, 1.807) is 11.8 Å². The Morgan fingerprint density at radius 3 is 2.54 bits per heavy atom. The van der Waals surface area contributed by atoms with Crippen LogP contribution in [-0.4, -0.2) is 95.1 Å². The molecular formula is C27H34N8O4. The monoisotopic (exact) mass is 534 g/mol. The molecular weight excluding hydrogens is 500 g/mol. The zero-order valence-electron chi connectivity index (χ0n) is 22.7. The Bertz CT molecular complexity index is 1540. The number of anilines is 1. The number of aliphatic hydroxyl groups is 2. The third kappa shape index (κ3) is 4.52. The number of rotatable bonds is 6. The highest BCUT2D eigenvalue weighted by Gasteiger charge is 2.38. The second-order valence-corrected chi connectivity index (χ2v) is 11.0. The molecule has 2 aliphatic rings. The number of aromatic nitrogens is 6. The molecule has 39 heavy (non-hydrogen) atoms. The number of hydrogen-bond donors (Lipinski definition) is 2. The highest BCUT2D eigenvalue weighted by atomic mass is 16.5. The molecule has 2 saturated heterocycles. The molecule has 0 spiro atoms. The molecule has 2 N–H and O–H groups in total. The summed E-state index contributed by atoms with van der Waals surface area (Å²) in [4.78, 5) is 35.9. The number of ether oxygens (including phenoxy) is 1. The van der Waals surface area contributed by atoms with Crippen LogP contribution < -0.4 is 4.90 Å². The van der Waals surface area contributed by atoms with Gasteiger partial charge in [0.05, 0.1) is 24.2 Å². The van der Waals surface area contributed by atoms with Gasteiger partial charge in [0.1, 0.15) is 23.4 Å². The fourth-order valence-electron chi connectivity index (χ4n) is 5.40. The first-order valence-electron chi connectivity index (χ1n) is 13.4. The van der Waals surface area contributed by atoms with Crippen molar-refractivity contribution in [2.45, 2.75) is 38.9 Å². The van der Waals surface area contributed by atoms with E-state index in [0.29, 0.717) is 68.8 Å². The lowest BCUT2D eigenvalue weighted by molar-refractivity contribution is -0.154. The predicted octanol–water partition coefficient (Wildman–Crippen LogP) is 1.36. The van der Waals surface area contributed by atoms with E-state index in [0.717, 1.165) is 22.7 Å². The van der Waals surface area contributed by atoms with E-state index in [2.05, 4.69) is 9.88 Å². The van der Waals surface area contributed by atoms with Gasteiger partial charge in [-0.25, -0.2) is 9.97 Å². The molecule has 12 heteroatoms. The molecule has 0 saturated carbocycles. The maximum Gasteiger partial charge on any atom is 0.253 e. The van der Waals surface area contributed by atoms with E-state index in [4.69, 9.17) is 19.7 Å². The van der Waals surface area contributed by atoms with E-state index in [1.165, 1.54) is 13.8 Å². The highest BCUT2D eigenvalue weighted by molar-refractivity contribution is 5.86. The average molecular weight is 535 g/mol. The molecule has 4 aromatic rings. The van der Waals surface area contributed by atoms with Gasteiger partial charge in [0.15, 0.2) is 17.0 Å². The van der Waals surface area contributed by atoms with Crippen LogP contribution in [0.15, 0.2) is 24.3 Å². The van der Waals surface area contributed by atoms with Crippen molar-refractivity contribution in [3.63, 3.8) is 0 Å². The standard InChI is InChI=1S/C27H34N8O4/c1-16(36)22-28-18-7-5-6-8-19(18)35(22)26-30-23-21(24(31-26)33-9-11-39-12-10-33)29-20(32(23)4)13-17-14-34(15-17)25(37)27(2,3)38/h5-8,16-17,36,38H,9-15H2,1-4H3. The van der Waals surface area contributed by atoms with Crippen LogP contribution in [0.5, 0.6) is 0 Å². The molecule has 1 amide bonds. The van der Waals surface area contributed by atoms with E-state index in [-0.39, 0.29) is 11.8 Å². The normalized spacial score (nSPS) is 17.7. The van der Waals surface area contributed by atoms with E-state index in [9.17, 15) is 15.0 Å². The van der Waals surface area contributed by atoms with Crippen molar-refractivity contribution >= 4 is 33.9 Å². The third-order valence-electron chi connectivity index (χ3n) is 7.49. The number of benzene rings is 1. The number of carbonyl (C=O) groups is 1. The molecule has 12 nitrogen and oxygen atoms in total. The summed E-state index contributed by atoms with van der Waals surface area (Å²) in [5.41, 5.74) is 1.60. The fraction of sp³-hybridized carbons (Fsp3) is 0.519. The molecule has 0 bridgehead atoms. The number of para-hydroxylation sites is 2. The number of carbonyl (C=O) groups excluding carboxylic acids is 1. The van der Waals surface area contributed by atoms with Crippen LogP contribution >= 0.6 is 0 Å². The Kier molecular flexibility index (Phi) is 6.28. The molecule has 2 aliphatic heterocycles. The highest BCUT2D eigenvalue weighted by Crippen LogP contribution is 2.31. The van der Waals surface area contributed by atoms with Gasteiger partial charge in [-0.3, -0.25) is 9.36 Å². The molecule has 0 radical (unpaired) electrons.